The molecule has 5 nitrogen and oxygen atoms in total. The largest absolute Gasteiger partial charge is 0.444 e. The number of aliphatic hydroxyl groups is 1. The lowest BCUT2D eigenvalue weighted by Gasteiger charge is -2.37. The molecular formula is C11H17FN2O3. The maximum Gasteiger partial charge on any atom is 0.410 e. The van der Waals surface area contributed by atoms with E-state index in [4.69, 9.17) is 10.00 Å². The average molecular weight is 244 g/mol. The molecule has 0 radical (unpaired) electrons. The summed E-state index contributed by atoms with van der Waals surface area (Å²) in [7, 11) is 0. The molecule has 1 saturated heterocycles. The molecule has 0 saturated carbocycles. The highest BCUT2D eigenvalue weighted by Gasteiger charge is 2.45. The second-order valence-electron chi connectivity index (χ2n) is 5.19. The van der Waals surface area contributed by atoms with Gasteiger partial charge < -0.3 is 14.7 Å². The van der Waals surface area contributed by atoms with Crippen molar-refractivity contribution in [1.29, 1.82) is 5.26 Å². The first-order valence-electron chi connectivity index (χ1n) is 5.43. The molecule has 6 heteroatoms. The lowest BCUT2D eigenvalue weighted by Crippen LogP contribution is -2.56. The minimum atomic E-state index is -2.13. The summed E-state index contributed by atoms with van der Waals surface area (Å²) >= 11 is 0. The molecule has 0 spiro atoms. The van der Waals surface area contributed by atoms with Crippen LogP contribution in [-0.4, -0.2) is 46.6 Å². The van der Waals surface area contributed by atoms with Crippen molar-refractivity contribution < 1.29 is 19.0 Å². The van der Waals surface area contributed by atoms with Crippen LogP contribution in [0, 0.1) is 11.3 Å². The van der Waals surface area contributed by atoms with Gasteiger partial charge in [-0.25, -0.2) is 9.18 Å². The van der Waals surface area contributed by atoms with Crippen molar-refractivity contribution >= 4 is 6.09 Å². The summed E-state index contributed by atoms with van der Waals surface area (Å²) in [5.74, 6) is 0. The summed E-state index contributed by atoms with van der Waals surface area (Å²) in [4.78, 5) is 12.8. The van der Waals surface area contributed by atoms with Gasteiger partial charge in [0.2, 0.25) is 0 Å². The number of carbonyl (C=O) groups is 1. The summed E-state index contributed by atoms with van der Waals surface area (Å²) in [5.41, 5.74) is -2.79. The zero-order chi connectivity index (χ0) is 13.3. The van der Waals surface area contributed by atoms with Crippen molar-refractivity contribution in [3.05, 3.63) is 0 Å². The predicted molar refractivity (Wildman–Crippen MR) is 57.9 cm³/mol. The SMILES string of the molecule is CC(C)(C)OC(=O)N1CCC(F)C(O)(C#N)C1. The topological polar surface area (TPSA) is 73.6 Å². The number of alkyl halides is 1. The van der Waals surface area contributed by atoms with Crippen molar-refractivity contribution in [2.75, 3.05) is 13.1 Å². The molecule has 2 unspecified atom stereocenters. The molecule has 0 aromatic carbocycles. The third-order valence-corrected chi connectivity index (χ3v) is 2.45. The third-order valence-electron chi connectivity index (χ3n) is 2.45. The Bertz CT molecular complexity index is 348. The minimum absolute atomic E-state index is 0.0662. The molecule has 96 valence electrons. The molecule has 1 heterocycles. The number of carbonyl (C=O) groups excluding carboxylic acids is 1. The predicted octanol–water partition coefficient (Wildman–Crippen LogP) is 1.22. The van der Waals surface area contributed by atoms with Gasteiger partial charge in [0.05, 0.1) is 6.54 Å². The summed E-state index contributed by atoms with van der Waals surface area (Å²) in [6, 6.07) is 1.51. The van der Waals surface area contributed by atoms with E-state index in [0.29, 0.717) is 0 Å². The molecule has 1 aliphatic rings. The Morgan fingerprint density at radius 3 is 2.71 bits per heavy atom. The van der Waals surface area contributed by atoms with Gasteiger partial charge >= 0.3 is 6.09 Å². The van der Waals surface area contributed by atoms with Gasteiger partial charge in [-0.15, -0.1) is 0 Å². The first-order chi connectivity index (χ1) is 7.68. The van der Waals surface area contributed by atoms with E-state index >= 15 is 0 Å². The van der Waals surface area contributed by atoms with E-state index in [1.165, 1.54) is 6.07 Å². The first-order valence-corrected chi connectivity index (χ1v) is 5.43. The maximum absolute atomic E-state index is 13.4. The monoisotopic (exact) mass is 244 g/mol. The quantitative estimate of drug-likeness (QED) is 0.650. The van der Waals surface area contributed by atoms with E-state index in [-0.39, 0.29) is 19.5 Å². The fourth-order valence-electron chi connectivity index (χ4n) is 1.56. The second kappa shape index (κ2) is 4.49. The Morgan fingerprint density at radius 1 is 1.65 bits per heavy atom. The van der Waals surface area contributed by atoms with Crippen LogP contribution in [0.15, 0.2) is 0 Å². The number of hydrogen-bond acceptors (Lipinski definition) is 4. The Morgan fingerprint density at radius 2 is 2.24 bits per heavy atom. The highest BCUT2D eigenvalue weighted by Crippen LogP contribution is 2.25. The summed E-state index contributed by atoms with van der Waals surface area (Å²) in [6.07, 6.45) is -2.34. The average Bonchev–Trinajstić information content (AvgIpc) is 2.19. The normalized spacial score (nSPS) is 29.6. The molecule has 1 fully saturated rings. The Hall–Kier alpha value is -1.35. The van der Waals surface area contributed by atoms with Gasteiger partial charge in [0.25, 0.3) is 0 Å². The van der Waals surface area contributed by atoms with Crippen LogP contribution >= 0.6 is 0 Å². The molecule has 1 amide bonds. The number of halogens is 1. The fraction of sp³-hybridized carbons (Fsp3) is 0.818. The number of amides is 1. The number of ether oxygens (including phenoxy) is 1. The third kappa shape index (κ3) is 3.30. The second-order valence-corrected chi connectivity index (χ2v) is 5.19. The Labute approximate surface area is 99.8 Å². The minimum Gasteiger partial charge on any atom is -0.444 e. The molecule has 1 N–H and O–H groups in total. The lowest BCUT2D eigenvalue weighted by molar-refractivity contribution is -0.0555. The summed E-state index contributed by atoms with van der Waals surface area (Å²) < 4.78 is 18.5. The summed E-state index contributed by atoms with van der Waals surface area (Å²) in [5, 5.41) is 18.4. The van der Waals surface area contributed by atoms with Crippen LogP contribution < -0.4 is 0 Å². The zero-order valence-electron chi connectivity index (χ0n) is 10.2. The van der Waals surface area contributed by atoms with Gasteiger partial charge in [-0.2, -0.15) is 5.26 Å². The van der Waals surface area contributed by atoms with E-state index in [9.17, 15) is 14.3 Å². The van der Waals surface area contributed by atoms with E-state index in [2.05, 4.69) is 0 Å². The van der Waals surface area contributed by atoms with Crippen molar-refractivity contribution in [2.24, 2.45) is 0 Å². The van der Waals surface area contributed by atoms with Gasteiger partial charge in [-0.1, -0.05) is 0 Å². The molecule has 17 heavy (non-hydrogen) atoms. The van der Waals surface area contributed by atoms with E-state index in [1.807, 2.05) is 0 Å². The molecule has 0 aliphatic carbocycles. The molecular weight excluding hydrogens is 227 g/mol. The lowest BCUT2D eigenvalue weighted by atomic mass is 9.92. The number of nitriles is 1. The van der Waals surface area contributed by atoms with Gasteiger partial charge in [0.15, 0.2) is 5.60 Å². The molecule has 0 bridgehead atoms. The van der Waals surface area contributed by atoms with E-state index in [0.717, 1.165) is 4.90 Å². The molecule has 0 aromatic heterocycles. The molecule has 0 aromatic rings. The van der Waals surface area contributed by atoms with Crippen LogP contribution in [0.4, 0.5) is 9.18 Å². The van der Waals surface area contributed by atoms with Crippen molar-refractivity contribution in [2.45, 2.75) is 44.6 Å². The van der Waals surface area contributed by atoms with Crippen LogP contribution in [0.25, 0.3) is 0 Å². The number of β-amino-alcohol motifs (C(OH)–C–C–N with tert-alkyl or cyclic N) is 1. The number of piperidine rings is 1. The van der Waals surface area contributed by atoms with Gasteiger partial charge in [0, 0.05) is 13.0 Å². The van der Waals surface area contributed by atoms with E-state index in [1.54, 1.807) is 20.8 Å². The van der Waals surface area contributed by atoms with Crippen LogP contribution in [0.1, 0.15) is 27.2 Å². The van der Waals surface area contributed by atoms with Crippen molar-refractivity contribution in [3.63, 3.8) is 0 Å². The number of hydrogen-bond donors (Lipinski definition) is 1. The Kier molecular flexibility index (Phi) is 3.62. The van der Waals surface area contributed by atoms with E-state index < -0.39 is 23.5 Å². The highest BCUT2D eigenvalue weighted by atomic mass is 19.1. The number of likely N-dealkylation sites (tertiary alicyclic amines) is 1. The summed E-state index contributed by atoms with van der Waals surface area (Å²) in [6.45, 7) is 4.91. The van der Waals surface area contributed by atoms with Crippen LogP contribution in [-0.2, 0) is 4.74 Å². The smallest absolute Gasteiger partial charge is 0.410 e. The van der Waals surface area contributed by atoms with Gasteiger partial charge in [-0.3, -0.25) is 0 Å². The van der Waals surface area contributed by atoms with Crippen molar-refractivity contribution in [3.8, 4) is 6.07 Å². The van der Waals surface area contributed by atoms with Crippen LogP contribution in [0.2, 0.25) is 0 Å². The van der Waals surface area contributed by atoms with Crippen LogP contribution in [0.5, 0.6) is 0 Å². The molecule has 2 atom stereocenters. The van der Waals surface area contributed by atoms with Gasteiger partial charge in [-0.05, 0) is 20.8 Å². The van der Waals surface area contributed by atoms with Crippen molar-refractivity contribution in [1.82, 2.24) is 4.90 Å². The Balaban J connectivity index is 2.70. The number of nitrogens with zero attached hydrogens (tertiary/aromatic N) is 2. The number of rotatable bonds is 0. The van der Waals surface area contributed by atoms with Gasteiger partial charge in [0.1, 0.15) is 17.8 Å². The molecule has 1 aliphatic heterocycles. The zero-order valence-corrected chi connectivity index (χ0v) is 10.2. The first kappa shape index (κ1) is 13.7. The molecule has 1 rings (SSSR count). The highest BCUT2D eigenvalue weighted by molar-refractivity contribution is 5.68. The van der Waals surface area contributed by atoms with Crippen LogP contribution in [0.3, 0.4) is 0 Å². The fourth-order valence-corrected chi connectivity index (χ4v) is 1.56. The standard InChI is InChI=1S/C11H17FN2O3/c1-10(2,3)17-9(15)14-5-4-8(12)11(16,6-13)7-14/h8,16H,4-5,7H2,1-3H3. The maximum atomic E-state index is 13.4.